The van der Waals surface area contributed by atoms with Gasteiger partial charge in [-0.15, -0.1) is 0 Å². The van der Waals surface area contributed by atoms with E-state index >= 15 is 0 Å². The second-order valence-corrected chi connectivity index (χ2v) is 3.79. The lowest BCUT2D eigenvalue weighted by molar-refractivity contribution is 0.0915. The molecule has 1 atom stereocenters. The SMILES string of the molecule is CC[C@H](CO)NC(=O)c1ccc2n[nH]nc2c1. The van der Waals surface area contributed by atoms with Gasteiger partial charge in [0.2, 0.25) is 0 Å². The van der Waals surface area contributed by atoms with Crippen LogP contribution in [0.4, 0.5) is 0 Å². The molecule has 17 heavy (non-hydrogen) atoms. The Balaban J connectivity index is 2.18. The van der Waals surface area contributed by atoms with Crippen LogP contribution in [0.1, 0.15) is 23.7 Å². The summed E-state index contributed by atoms with van der Waals surface area (Å²) in [6.07, 6.45) is 0.689. The predicted molar refractivity (Wildman–Crippen MR) is 62.5 cm³/mol. The number of fused-ring (bicyclic) bond motifs is 1. The molecule has 0 unspecified atom stereocenters. The second-order valence-electron chi connectivity index (χ2n) is 3.79. The molecule has 6 heteroatoms. The van der Waals surface area contributed by atoms with Gasteiger partial charge < -0.3 is 10.4 Å². The number of aliphatic hydroxyl groups is 1. The summed E-state index contributed by atoms with van der Waals surface area (Å²) in [5.41, 5.74) is 1.88. The lowest BCUT2D eigenvalue weighted by Gasteiger charge is -2.13. The van der Waals surface area contributed by atoms with Crippen molar-refractivity contribution in [1.29, 1.82) is 0 Å². The molecule has 0 saturated heterocycles. The number of aromatic amines is 1. The zero-order valence-electron chi connectivity index (χ0n) is 9.47. The number of aromatic nitrogens is 3. The van der Waals surface area contributed by atoms with Crippen LogP contribution in [0.5, 0.6) is 0 Å². The molecule has 0 radical (unpaired) electrons. The number of aliphatic hydroxyl groups excluding tert-OH is 1. The van der Waals surface area contributed by atoms with Crippen molar-refractivity contribution in [3.63, 3.8) is 0 Å². The summed E-state index contributed by atoms with van der Waals surface area (Å²) in [5, 5.41) is 22.1. The molecule has 1 heterocycles. The lowest BCUT2D eigenvalue weighted by atomic mass is 10.1. The van der Waals surface area contributed by atoms with E-state index in [4.69, 9.17) is 5.11 Å². The zero-order valence-corrected chi connectivity index (χ0v) is 9.47. The van der Waals surface area contributed by atoms with Crippen molar-refractivity contribution in [3.05, 3.63) is 23.8 Å². The van der Waals surface area contributed by atoms with Crippen LogP contribution < -0.4 is 5.32 Å². The van der Waals surface area contributed by atoms with Crippen LogP contribution in [0.15, 0.2) is 18.2 Å². The molecule has 0 saturated carbocycles. The number of nitrogens with zero attached hydrogens (tertiary/aromatic N) is 2. The average molecular weight is 234 g/mol. The van der Waals surface area contributed by atoms with Gasteiger partial charge in [0.1, 0.15) is 11.0 Å². The van der Waals surface area contributed by atoms with E-state index in [0.29, 0.717) is 17.5 Å². The van der Waals surface area contributed by atoms with Gasteiger partial charge in [0.05, 0.1) is 12.6 Å². The number of benzene rings is 1. The lowest BCUT2D eigenvalue weighted by Crippen LogP contribution is -2.36. The molecule has 0 fully saturated rings. The predicted octanol–water partition coefficient (Wildman–Crippen LogP) is 0.459. The molecular weight excluding hydrogens is 220 g/mol. The molecule has 2 aromatic rings. The van der Waals surface area contributed by atoms with Gasteiger partial charge in [0.15, 0.2) is 0 Å². The van der Waals surface area contributed by atoms with Crippen LogP contribution >= 0.6 is 0 Å². The monoisotopic (exact) mass is 234 g/mol. The maximum Gasteiger partial charge on any atom is 0.251 e. The third kappa shape index (κ3) is 2.42. The van der Waals surface area contributed by atoms with Crippen LogP contribution in [0.2, 0.25) is 0 Å². The first-order chi connectivity index (χ1) is 8.24. The van der Waals surface area contributed by atoms with E-state index in [9.17, 15) is 4.79 Å². The number of nitrogens with one attached hydrogen (secondary N) is 2. The van der Waals surface area contributed by atoms with E-state index in [1.165, 1.54) is 0 Å². The molecule has 0 aliphatic rings. The highest BCUT2D eigenvalue weighted by molar-refractivity contribution is 5.97. The summed E-state index contributed by atoms with van der Waals surface area (Å²) in [5.74, 6) is -0.212. The molecule has 6 nitrogen and oxygen atoms in total. The Morgan fingerprint density at radius 1 is 1.47 bits per heavy atom. The summed E-state index contributed by atoms with van der Waals surface area (Å²) < 4.78 is 0. The van der Waals surface area contributed by atoms with Gasteiger partial charge in [-0.1, -0.05) is 6.92 Å². The van der Waals surface area contributed by atoms with Crippen molar-refractivity contribution in [2.45, 2.75) is 19.4 Å². The number of amides is 1. The third-order valence-electron chi connectivity index (χ3n) is 2.63. The number of H-pyrrole nitrogens is 1. The van der Waals surface area contributed by atoms with Crippen molar-refractivity contribution in [2.24, 2.45) is 0 Å². The fourth-order valence-corrected chi connectivity index (χ4v) is 1.53. The number of carbonyl (C=O) groups excluding carboxylic acids is 1. The summed E-state index contributed by atoms with van der Waals surface area (Å²) in [6, 6.07) is 4.87. The summed E-state index contributed by atoms with van der Waals surface area (Å²) in [4.78, 5) is 11.9. The van der Waals surface area contributed by atoms with E-state index < -0.39 is 0 Å². The van der Waals surface area contributed by atoms with Crippen molar-refractivity contribution < 1.29 is 9.90 Å². The van der Waals surface area contributed by atoms with Crippen LogP contribution in [-0.4, -0.2) is 39.1 Å². The fourth-order valence-electron chi connectivity index (χ4n) is 1.53. The van der Waals surface area contributed by atoms with E-state index in [1.54, 1.807) is 18.2 Å². The van der Waals surface area contributed by atoms with Crippen LogP contribution in [0.25, 0.3) is 11.0 Å². The summed E-state index contributed by atoms with van der Waals surface area (Å²) in [6.45, 7) is 1.84. The molecule has 0 aliphatic heterocycles. The van der Waals surface area contributed by atoms with Gasteiger partial charge >= 0.3 is 0 Å². The summed E-state index contributed by atoms with van der Waals surface area (Å²) >= 11 is 0. The first-order valence-corrected chi connectivity index (χ1v) is 5.47. The number of carbonyl (C=O) groups is 1. The molecule has 90 valence electrons. The van der Waals surface area contributed by atoms with Gasteiger partial charge in [0.25, 0.3) is 5.91 Å². The first kappa shape index (κ1) is 11.5. The highest BCUT2D eigenvalue weighted by atomic mass is 16.3. The maximum absolute atomic E-state index is 11.9. The van der Waals surface area contributed by atoms with Gasteiger partial charge in [-0.3, -0.25) is 4.79 Å². The molecule has 1 amide bonds. The van der Waals surface area contributed by atoms with Crippen molar-refractivity contribution in [1.82, 2.24) is 20.7 Å². The van der Waals surface area contributed by atoms with E-state index in [1.807, 2.05) is 6.92 Å². The van der Waals surface area contributed by atoms with E-state index in [-0.39, 0.29) is 18.6 Å². The van der Waals surface area contributed by atoms with Crippen LogP contribution in [0, 0.1) is 0 Å². The fraction of sp³-hybridized carbons (Fsp3) is 0.364. The quantitative estimate of drug-likeness (QED) is 0.716. The van der Waals surface area contributed by atoms with Crippen LogP contribution in [-0.2, 0) is 0 Å². The van der Waals surface area contributed by atoms with Crippen molar-refractivity contribution in [3.8, 4) is 0 Å². The largest absolute Gasteiger partial charge is 0.394 e. The molecule has 0 spiro atoms. The first-order valence-electron chi connectivity index (χ1n) is 5.47. The zero-order chi connectivity index (χ0) is 12.3. The van der Waals surface area contributed by atoms with Gasteiger partial charge in [-0.05, 0) is 24.6 Å². The minimum absolute atomic E-state index is 0.0611. The van der Waals surface area contributed by atoms with Crippen LogP contribution in [0.3, 0.4) is 0 Å². The Labute approximate surface area is 98.0 Å². The smallest absolute Gasteiger partial charge is 0.251 e. The number of rotatable bonds is 4. The Morgan fingerprint density at radius 3 is 2.94 bits per heavy atom. The minimum atomic E-state index is -0.212. The Morgan fingerprint density at radius 2 is 2.24 bits per heavy atom. The highest BCUT2D eigenvalue weighted by Crippen LogP contribution is 2.10. The van der Waals surface area contributed by atoms with E-state index in [0.717, 1.165) is 5.52 Å². The number of hydrogen-bond donors (Lipinski definition) is 3. The normalized spacial score (nSPS) is 12.6. The Bertz CT molecular complexity index is 519. The molecule has 3 N–H and O–H groups in total. The number of hydrogen-bond acceptors (Lipinski definition) is 4. The Kier molecular flexibility index (Phi) is 3.34. The Hall–Kier alpha value is -1.95. The van der Waals surface area contributed by atoms with Gasteiger partial charge in [0, 0.05) is 5.56 Å². The standard InChI is InChI=1S/C11H14N4O2/c1-2-8(6-16)12-11(17)7-3-4-9-10(5-7)14-15-13-9/h3-5,8,16H,2,6H2,1H3,(H,12,17)(H,13,14,15)/t8-/m1/s1. The van der Waals surface area contributed by atoms with E-state index in [2.05, 4.69) is 20.7 Å². The van der Waals surface area contributed by atoms with Crippen molar-refractivity contribution >= 4 is 16.9 Å². The molecular formula is C11H14N4O2. The molecule has 2 rings (SSSR count). The minimum Gasteiger partial charge on any atom is -0.394 e. The van der Waals surface area contributed by atoms with Gasteiger partial charge in [-0.25, -0.2) is 0 Å². The third-order valence-corrected chi connectivity index (χ3v) is 2.63. The van der Waals surface area contributed by atoms with Crippen molar-refractivity contribution in [2.75, 3.05) is 6.61 Å². The second kappa shape index (κ2) is 4.92. The molecule has 0 aliphatic carbocycles. The molecule has 1 aromatic carbocycles. The topological polar surface area (TPSA) is 90.9 Å². The average Bonchev–Trinajstić information content (AvgIpc) is 2.82. The highest BCUT2D eigenvalue weighted by Gasteiger charge is 2.12. The molecule has 0 bridgehead atoms. The molecule has 1 aromatic heterocycles. The van der Waals surface area contributed by atoms with Gasteiger partial charge in [-0.2, -0.15) is 15.4 Å². The summed E-state index contributed by atoms with van der Waals surface area (Å²) in [7, 11) is 0. The maximum atomic E-state index is 11.9.